The number of allylic oxidation sites excluding steroid dienone is 2. The SMILES string of the molecule is C=C(C=N/C=C(/C)[C@H](C)CC)C(F)(F)F.C=C(CN)N1CCn2c(nc(-c3cc(P)c(F)c(CF)c3)c2C(C)C)C1(C)C. The Balaban J connectivity index is 0.000000367. The molecule has 1 aliphatic rings. The maximum atomic E-state index is 14.2. The van der Waals surface area contributed by atoms with Crippen molar-refractivity contribution in [2.24, 2.45) is 16.6 Å². The zero-order valence-electron chi connectivity index (χ0n) is 26.2. The third-order valence-electron chi connectivity index (χ3n) is 7.80. The first-order chi connectivity index (χ1) is 19.9. The maximum Gasteiger partial charge on any atom is 0.417 e. The topological polar surface area (TPSA) is 59.4 Å². The number of hydrogen-bond donors (Lipinski definition) is 1. The average Bonchev–Trinajstić information content (AvgIpc) is 3.34. The lowest BCUT2D eigenvalue weighted by atomic mass is 9.97. The normalized spacial score (nSPS) is 15.8. The molecule has 2 heterocycles. The van der Waals surface area contributed by atoms with Crippen molar-refractivity contribution in [1.29, 1.82) is 0 Å². The van der Waals surface area contributed by atoms with E-state index in [-0.39, 0.29) is 17.0 Å². The largest absolute Gasteiger partial charge is 0.417 e. The van der Waals surface area contributed by atoms with Crippen LogP contribution in [0.25, 0.3) is 11.3 Å². The minimum Gasteiger partial charge on any atom is -0.360 e. The van der Waals surface area contributed by atoms with Gasteiger partial charge in [0.25, 0.3) is 0 Å². The van der Waals surface area contributed by atoms with Gasteiger partial charge < -0.3 is 15.2 Å². The molecule has 43 heavy (non-hydrogen) atoms. The number of alkyl halides is 4. The van der Waals surface area contributed by atoms with Crippen LogP contribution in [0.4, 0.5) is 22.0 Å². The van der Waals surface area contributed by atoms with Crippen LogP contribution in [0.5, 0.6) is 0 Å². The average molecular weight is 626 g/mol. The van der Waals surface area contributed by atoms with Crippen LogP contribution in [0, 0.1) is 11.7 Å². The lowest BCUT2D eigenvalue weighted by Crippen LogP contribution is -2.49. The number of nitrogens with two attached hydrogens (primary N) is 1. The number of imidazole rings is 1. The van der Waals surface area contributed by atoms with Crippen LogP contribution >= 0.6 is 9.24 Å². The smallest absolute Gasteiger partial charge is 0.360 e. The first-order valence-electron chi connectivity index (χ1n) is 14.3. The Bertz CT molecular complexity index is 1370. The Morgan fingerprint density at radius 3 is 2.35 bits per heavy atom. The molecule has 11 heteroatoms. The fraction of sp³-hybridized carbons (Fsp3) is 0.500. The van der Waals surface area contributed by atoms with E-state index in [2.05, 4.69) is 64.6 Å². The summed E-state index contributed by atoms with van der Waals surface area (Å²) in [5.74, 6) is 0.949. The van der Waals surface area contributed by atoms with Crippen LogP contribution in [0.15, 0.2) is 53.3 Å². The zero-order chi connectivity index (χ0) is 32.9. The summed E-state index contributed by atoms with van der Waals surface area (Å²) < 4.78 is 65.7. The van der Waals surface area contributed by atoms with Gasteiger partial charge in [0, 0.05) is 59.9 Å². The molecule has 0 amide bonds. The Labute approximate surface area is 255 Å². The molecule has 1 aromatic heterocycles. The number of aliphatic imine (C=N–C) groups is 1. The van der Waals surface area contributed by atoms with E-state index in [9.17, 15) is 22.0 Å². The summed E-state index contributed by atoms with van der Waals surface area (Å²) in [6.45, 7) is 22.4. The third-order valence-corrected chi connectivity index (χ3v) is 8.22. The first-order valence-corrected chi connectivity index (χ1v) is 14.9. The molecule has 0 spiro atoms. The van der Waals surface area contributed by atoms with E-state index in [4.69, 9.17) is 10.7 Å². The zero-order valence-corrected chi connectivity index (χ0v) is 27.4. The molecule has 238 valence electrons. The molecule has 0 aliphatic carbocycles. The van der Waals surface area contributed by atoms with Gasteiger partial charge >= 0.3 is 6.18 Å². The summed E-state index contributed by atoms with van der Waals surface area (Å²) in [6, 6.07) is 3.30. The second-order valence-electron chi connectivity index (χ2n) is 11.6. The molecule has 1 aliphatic heterocycles. The van der Waals surface area contributed by atoms with Gasteiger partial charge in [-0.15, -0.1) is 9.24 Å². The van der Waals surface area contributed by atoms with Gasteiger partial charge in [0.05, 0.1) is 16.8 Å². The van der Waals surface area contributed by atoms with Crippen molar-refractivity contribution in [3.63, 3.8) is 0 Å². The third kappa shape index (κ3) is 8.42. The van der Waals surface area contributed by atoms with E-state index in [0.29, 0.717) is 17.8 Å². The highest BCUT2D eigenvalue weighted by atomic mass is 31.0. The summed E-state index contributed by atoms with van der Waals surface area (Å²) >= 11 is 0. The van der Waals surface area contributed by atoms with E-state index in [0.717, 1.165) is 59.8 Å². The summed E-state index contributed by atoms with van der Waals surface area (Å²) in [5.41, 5.74) is 9.03. The van der Waals surface area contributed by atoms with Crippen molar-refractivity contribution in [1.82, 2.24) is 14.5 Å². The van der Waals surface area contributed by atoms with Crippen molar-refractivity contribution in [2.45, 2.75) is 85.7 Å². The maximum absolute atomic E-state index is 14.2. The summed E-state index contributed by atoms with van der Waals surface area (Å²) in [5, 5.41) is 0.350. The number of rotatable bonds is 9. The van der Waals surface area contributed by atoms with Crippen molar-refractivity contribution in [3.05, 3.63) is 71.2 Å². The van der Waals surface area contributed by atoms with Crippen LogP contribution in [-0.4, -0.2) is 39.9 Å². The van der Waals surface area contributed by atoms with Gasteiger partial charge in [-0.2, -0.15) is 13.2 Å². The molecule has 0 saturated carbocycles. The quantitative estimate of drug-likeness (QED) is 0.175. The van der Waals surface area contributed by atoms with Gasteiger partial charge in [-0.1, -0.05) is 46.4 Å². The van der Waals surface area contributed by atoms with Gasteiger partial charge in [0.1, 0.15) is 18.3 Å². The predicted octanol–water partition coefficient (Wildman–Crippen LogP) is 7.93. The molecule has 1 unspecified atom stereocenters. The Hall–Kier alpha value is -2.84. The van der Waals surface area contributed by atoms with Crippen molar-refractivity contribution < 1.29 is 22.0 Å². The van der Waals surface area contributed by atoms with E-state index in [1.54, 1.807) is 12.1 Å². The second-order valence-corrected chi connectivity index (χ2v) is 12.2. The van der Waals surface area contributed by atoms with Gasteiger partial charge in [-0.25, -0.2) is 13.8 Å². The number of halogens is 5. The van der Waals surface area contributed by atoms with Crippen molar-refractivity contribution in [2.75, 3.05) is 13.1 Å². The van der Waals surface area contributed by atoms with Crippen LogP contribution in [-0.2, 0) is 18.8 Å². The van der Waals surface area contributed by atoms with Gasteiger partial charge in [0.15, 0.2) is 0 Å². The Morgan fingerprint density at radius 1 is 1.21 bits per heavy atom. The highest BCUT2D eigenvalue weighted by molar-refractivity contribution is 7.27. The Kier molecular flexibility index (Phi) is 12.5. The van der Waals surface area contributed by atoms with E-state index in [1.807, 2.05) is 20.8 Å². The standard InChI is InChI=1S/C21H29F2N4P.C11H16F3N/c1-12(2)19-18(14-8-15(10-22)17(23)16(28)9-14)25-20-21(4,5)27(13(3)11-24)7-6-26(19)20;1-5-8(2)9(3)6-15-7-10(4)11(12,13)14/h8-9,12H,3,6-7,10-11,24,28H2,1-2,4-5H3;6-8H,4-5H2,1-3H3/b;9-6-,15-7?/t;8-/m.1/s1. The first kappa shape index (κ1) is 36.4. The molecule has 5 nitrogen and oxygen atoms in total. The molecule has 0 radical (unpaired) electrons. The lowest BCUT2D eigenvalue weighted by molar-refractivity contribution is -0.0852. The molecular formula is C32H45F5N5P. The number of nitrogens with zero attached hydrogens (tertiary/aromatic N) is 4. The molecule has 3 rings (SSSR count). The van der Waals surface area contributed by atoms with Crippen LogP contribution in [0.2, 0.25) is 0 Å². The number of aromatic nitrogens is 2. The summed E-state index contributed by atoms with van der Waals surface area (Å²) in [4.78, 5) is 10.8. The molecular weight excluding hydrogens is 580 g/mol. The fourth-order valence-corrected chi connectivity index (χ4v) is 5.30. The van der Waals surface area contributed by atoms with Crippen molar-refractivity contribution >= 4 is 20.8 Å². The summed E-state index contributed by atoms with van der Waals surface area (Å²) in [6.07, 6.45) is -1.25. The molecule has 0 saturated heterocycles. The molecule has 0 fully saturated rings. The number of benzene rings is 1. The van der Waals surface area contributed by atoms with Crippen LogP contribution < -0.4 is 11.0 Å². The molecule has 2 atom stereocenters. The predicted molar refractivity (Wildman–Crippen MR) is 171 cm³/mol. The second kappa shape index (κ2) is 14.8. The minimum absolute atomic E-state index is 0.0561. The monoisotopic (exact) mass is 625 g/mol. The van der Waals surface area contributed by atoms with Gasteiger partial charge in [0.2, 0.25) is 0 Å². The van der Waals surface area contributed by atoms with Crippen LogP contribution in [0.3, 0.4) is 0 Å². The van der Waals surface area contributed by atoms with E-state index in [1.165, 1.54) is 6.20 Å². The molecule has 0 bridgehead atoms. The summed E-state index contributed by atoms with van der Waals surface area (Å²) in [7, 11) is 2.36. The molecule has 2 aromatic rings. The number of fused-ring (bicyclic) bond motifs is 1. The van der Waals surface area contributed by atoms with E-state index >= 15 is 0 Å². The fourth-order valence-electron chi connectivity index (χ4n) is 4.93. The highest BCUT2D eigenvalue weighted by Gasteiger charge is 2.39. The highest BCUT2D eigenvalue weighted by Crippen LogP contribution is 2.40. The van der Waals surface area contributed by atoms with Gasteiger partial charge in [-0.05, 0) is 51.2 Å². The van der Waals surface area contributed by atoms with E-state index < -0.39 is 24.2 Å². The van der Waals surface area contributed by atoms with Crippen molar-refractivity contribution in [3.8, 4) is 11.3 Å². The Morgan fingerprint density at radius 2 is 1.84 bits per heavy atom. The van der Waals surface area contributed by atoms with Gasteiger partial charge in [-0.3, -0.25) is 4.99 Å². The van der Waals surface area contributed by atoms with Crippen LogP contribution in [0.1, 0.15) is 77.9 Å². The lowest BCUT2D eigenvalue weighted by Gasteiger charge is -2.45. The number of hydrogen-bond acceptors (Lipinski definition) is 4. The molecule has 2 N–H and O–H groups in total. The molecule has 1 aromatic carbocycles. The minimum atomic E-state index is -4.39.